The number of hydrogen-bond donors (Lipinski definition) is 1. The van der Waals surface area contributed by atoms with Gasteiger partial charge in [0.2, 0.25) is 0 Å². The highest BCUT2D eigenvalue weighted by atomic mass is 79.9. The number of allylic oxidation sites excluding steroid dienone is 4. The van der Waals surface area contributed by atoms with Crippen molar-refractivity contribution in [2.24, 2.45) is 5.10 Å². The second-order valence-corrected chi connectivity index (χ2v) is 7.28. The summed E-state index contributed by atoms with van der Waals surface area (Å²) in [7, 11) is 0. The van der Waals surface area contributed by atoms with Crippen LogP contribution in [0.15, 0.2) is 55.5 Å². The van der Waals surface area contributed by atoms with Crippen LogP contribution in [0.3, 0.4) is 0 Å². The average molecular weight is 458 g/mol. The molecule has 0 saturated carbocycles. The third kappa shape index (κ3) is 9.03. The van der Waals surface area contributed by atoms with Crippen LogP contribution in [0.2, 0.25) is 0 Å². The SMILES string of the molecule is CC(C)=CCCC(C)=CC=NNC(=O)COc1ccc(Br)cc1Br. The van der Waals surface area contributed by atoms with E-state index in [1.54, 1.807) is 12.3 Å². The van der Waals surface area contributed by atoms with Crippen molar-refractivity contribution in [2.75, 3.05) is 6.61 Å². The molecule has 0 atom stereocenters. The molecule has 0 spiro atoms. The Hall–Kier alpha value is -1.40. The first kappa shape index (κ1) is 20.6. The Morgan fingerprint density at radius 1 is 1.29 bits per heavy atom. The van der Waals surface area contributed by atoms with Gasteiger partial charge < -0.3 is 4.74 Å². The van der Waals surface area contributed by atoms with Crippen LogP contribution in [0.5, 0.6) is 5.75 Å². The van der Waals surface area contributed by atoms with Crippen LogP contribution < -0.4 is 10.2 Å². The van der Waals surface area contributed by atoms with Crippen LogP contribution in [-0.4, -0.2) is 18.7 Å². The van der Waals surface area contributed by atoms with Crippen LogP contribution in [-0.2, 0) is 4.79 Å². The number of rotatable bonds is 8. The molecule has 0 fully saturated rings. The summed E-state index contributed by atoms with van der Waals surface area (Å²) in [6, 6.07) is 5.48. The molecule has 1 aromatic carbocycles. The Bertz CT molecular complexity index is 648. The number of ether oxygens (including phenoxy) is 1. The van der Waals surface area contributed by atoms with Crippen molar-refractivity contribution in [3.05, 3.63) is 50.4 Å². The number of nitrogens with one attached hydrogen (secondary N) is 1. The van der Waals surface area contributed by atoms with E-state index in [1.165, 1.54) is 11.1 Å². The third-order valence-electron chi connectivity index (χ3n) is 2.97. The molecule has 24 heavy (non-hydrogen) atoms. The lowest BCUT2D eigenvalue weighted by molar-refractivity contribution is -0.123. The van der Waals surface area contributed by atoms with Crippen molar-refractivity contribution in [1.82, 2.24) is 5.43 Å². The van der Waals surface area contributed by atoms with Gasteiger partial charge in [-0.2, -0.15) is 5.10 Å². The van der Waals surface area contributed by atoms with Gasteiger partial charge in [-0.3, -0.25) is 4.79 Å². The molecule has 6 heteroatoms. The summed E-state index contributed by atoms with van der Waals surface area (Å²) < 4.78 is 7.15. The maximum Gasteiger partial charge on any atom is 0.277 e. The molecule has 130 valence electrons. The first-order chi connectivity index (χ1) is 11.4. The van der Waals surface area contributed by atoms with E-state index in [9.17, 15) is 4.79 Å². The Kier molecular flexibility index (Phi) is 9.64. The van der Waals surface area contributed by atoms with Gasteiger partial charge in [-0.05, 0) is 73.8 Å². The van der Waals surface area contributed by atoms with Gasteiger partial charge in [0.25, 0.3) is 5.91 Å². The smallest absolute Gasteiger partial charge is 0.277 e. The lowest BCUT2D eigenvalue weighted by Gasteiger charge is -2.07. The second-order valence-electron chi connectivity index (χ2n) is 5.51. The van der Waals surface area contributed by atoms with E-state index in [1.807, 2.05) is 25.1 Å². The fraction of sp³-hybridized carbons (Fsp3) is 0.333. The number of benzene rings is 1. The largest absolute Gasteiger partial charge is 0.483 e. The first-order valence-corrected chi connectivity index (χ1v) is 9.16. The predicted octanol–water partition coefficient (Wildman–Crippen LogP) is 5.39. The molecule has 0 saturated heterocycles. The Balaban J connectivity index is 2.33. The Morgan fingerprint density at radius 2 is 2.04 bits per heavy atom. The van der Waals surface area contributed by atoms with E-state index in [0.717, 1.165) is 21.8 Å². The van der Waals surface area contributed by atoms with E-state index in [2.05, 4.69) is 62.3 Å². The van der Waals surface area contributed by atoms with Gasteiger partial charge in [-0.15, -0.1) is 0 Å². The lowest BCUT2D eigenvalue weighted by atomic mass is 10.1. The van der Waals surface area contributed by atoms with Gasteiger partial charge in [0, 0.05) is 10.7 Å². The quantitative estimate of drug-likeness (QED) is 0.323. The van der Waals surface area contributed by atoms with Crippen molar-refractivity contribution < 1.29 is 9.53 Å². The molecular formula is C18H22Br2N2O2. The Labute approximate surface area is 160 Å². The van der Waals surface area contributed by atoms with Gasteiger partial charge in [0.1, 0.15) is 5.75 Å². The van der Waals surface area contributed by atoms with E-state index >= 15 is 0 Å². The molecule has 0 bridgehead atoms. The maximum atomic E-state index is 11.7. The molecule has 1 N–H and O–H groups in total. The van der Waals surface area contributed by atoms with Crippen molar-refractivity contribution in [3.8, 4) is 5.75 Å². The average Bonchev–Trinajstić information content (AvgIpc) is 2.50. The minimum Gasteiger partial charge on any atom is -0.483 e. The molecule has 1 rings (SSSR count). The summed E-state index contributed by atoms with van der Waals surface area (Å²) in [4.78, 5) is 11.7. The molecule has 1 aromatic rings. The zero-order chi connectivity index (χ0) is 17.9. The van der Waals surface area contributed by atoms with Crippen LogP contribution in [0.4, 0.5) is 0 Å². The molecule has 4 nitrogen and oxygen atoms in total. The molecule has 0 radical (unpaired) electrons. The first-order valence-electron chi connectivity index (χ1n) is 7.57. The monoisotopic (exact) mass is 456 g/mol. The molecular weight excluding hydrogens is 436 g/mol. The lowest BCUT2D eigenvalue weighted by Crippen LogP contribution is -2.24. The summed E-state index contributed by atoms with van der Waals surface area (Å²) >= 11 is 6.74. The topological polar surface area (TPSA) is 50.7 Å². The maximum absolute atomic E-state index is 11.7. The van der Waals surface area contributed by atoms with Crippen LogP contribution in [0.1, 0.15) is 33.6 Å². The van der Waals surface area contributed by atoms with Crippen LogP contribution in [0.25, 0.3) is 0 Å². The van der Waals surface area contributed by atoms with Crippen LogP contribution >= 0.6 is 31.9 Å². The summed E-state index contributed by atoms with van der Waals surface area (Å²) in [5.41, 5.74) is 4.97. The molecule has 0 heterocycles. The van der Waals surface area contributed by atoms with Gasteiger partial charge in [-0.25, -0.2) is 5.43 Å². The fourth-order valence-electron chi connectivity index (χ4n) is 1.71. The van der Waals surface area contributed by atoms with Crippen molar-refractivity contribution in [2.45, 2.75) is 33.6 Å². The van der Waals surface area contributed by atoms with E-state index in [0.29, 0.717) is 5.75 Å². The predicted molar refractivity (Wildman–Crippen MR) is 106 cm³/mol. The number of halogens is 2. The minimum absolute atomic E-state index is 0.0964. The normalized spacial score (nSPS) is 11.5. The van der Waals surface area contributed by atoms with E-state index < -0.39 is 0 Å². The van der Waals surface area contributed by atoms with Gasteiger partial charge >= 0.3 is 0 Å². The summed E-state index contributed by atoms with van der Waals surface area (Å²) in [6.07, 6.45) is 7.68. The fourth-order valence-corrected chi connectivity index (χ4v) is 2.87. The highest BCUT2D eigenvalue weighted by molar-refractivity contribution is 9.11. The molecule has 0 aliphatic heterocycles. The molecule has 0 aromatic heterocycles. The van der Waals surface area contributed by atoms with Crippen molar-refractivity contribution >= 4 is 44.0 Å². The second kappa shape index (κ2) is 11.2. The van der Waals surface area contributed by atoms with Gasteiger partial charge in [0.05, 0.1) is 4.47 Å². The van der Waals surface area contributed by atoms with Crippen molar-refractivity contribution in [1.29, 1.82) is 0 Å². The standard InChI is InChI=1S/C18H22Br2N2O2/c1-13(2)5-4-6-14(3)9-10-21-22-18(23)12-24-17-8-7-15(19)11-16(17)20/h5,7-11H,4,6,12H2,1-3H3,(H,22,23). The number of hydrogen-bond acceptors (Lipinski definition) is 3. The van der Waals surface area contributed by atoms with Crippen molar-refractivity contribution in [3.63, 3.8) is 0 Å². The van der Waals surface area contributed by atoms with E-state index in [4.69, 9.17) is 4.74 Å². The number of carbonyl (C=O) groups excluding carboxylic acids is 1. The highest BCUT2D eigenvalue weighted by Crippen LogP contribution is 2.27. The molecule has 0 aliphatic carbocycles. The summed E-state index contributed by atoms with van der Waals surface area (Å²) in [5.74, 6) is 0.295. The number of carbonyl (C=O) groups is 1. The number of hydrazone groups is 1. The Morgan fingerprint density at radius 3 is 2.71 bits per heavy atom. The molecule has 1 amide bonds. The third-order valence-corrected chi connectivity index (χ3v) is 4.08. The number of amides is 1. The highest BCUT2D eigenvalue weighted by Gasteiger charge is 2.05. The minimum atomic E-state index is -0.309. The van der Waals surface area contributed by atoms with Gasteiger partial charge in [0.15, 0.2) is 6.61 Å². The van der Waals surface area contributed by atoms with E-state index in [-0.39, 0.29) is 12.5 Å². The zero-order valence-electron chi connectivity index (χ0n) is 14.1. The van der Waals surface area contributed by atoms with Gasteiger partial charge in [-0.1, -0.05) is 33.2 Å². The van der Waals surface area contributed by atoms with Crippen LogP contribution in [0, 0.1) is 0 Å². The summed E-state index contributed by atoms with van der Waals surface area (Å²) in [5, 5.41) is 3.89. The number of nitrogens with zero attached hydrogens (tertiary/aromatic N) is 1. The molecule has 0 unspecified atom stereocenters. The summed E-state index contributed by atoms with van der Waals surface area (Å²) in [6.45, 7) is 6.12. The zero-order valence-corrected chi connectivity index (χ0v) is 17.3. The molecule has 0 aliphatic rings.